The van der Waals surface area contributed by atoms with Gasteiger partial charge >= 0.3 is 5.51 Å². The number of halogens is 3. The van der Waals surface area contributed by atoms with Gasteiger partial charge in [-0.15, -0.1) is 0 Å². The molecule has 0 aliphatic rings. The van der Waals surface area contributed by atoms with Crippen LogP contribution in [0.1, 0.15) is 26.7 Å². The molecule has 1 rings (SSSR count). The van der Waals surface area contributed by atoms with Gasteiger partial charge in [-0.1, -0.05) is 19.1 Å². The second-order valence-electron chi connectivity index (χ2n) is 5.02. The summed E-state index contributed by atoms with van der Waals surface area (Å²) >= 11 is 0. The maximum atomic E-state index is 12.7. The van der Waals surface area contributed by atoms with Gasteiger partial charge in [0.2, 0.25) is 0 Å². The first kappa shape index (κ1) is 17.8. The molecule has 3 N–H and O–H groups in total. The molecule has 0 saturated carbocycles. The maximum absolute atomic E-state index is 12.7. The van der Waals surface area contributed by atoms with E-state index in [1.165, 1.54) is 18.2 Å². The second-order valence-corrected chi connectivity index (χ2v) is 6.93. The van der Waals surface area contributed by atoms with Gasteiger partial charge in [0.1, 0.15) is 0 Å². The van der Waals surface area contributed by atoms with Crippen LogP contribution in [-0.4, -0.2) is 26.0 Å². The quantitative estimate of drug-likeness (QED) is 0.844. The number of alkyl halides is 3. The average molecular weight is 324 g/mol. The lowest BCUT2D eigenvalue weighted by Gasteiger charge is -2.31. The molecule has 120 valence electrons. The molecular formula is C13H19F3N2O2S. The van der Waals surface area contributed by atoms with E-state index < -0.39 is 25.8 Å². The van der Waals surface area contributed by atoms with Gasteiger partial charge in [0.15, 0.2) is 0 Å². The molecule has 4 nitrogen and oxygen atoms in total. The summed E-state index contributed by atoms with van der Waals surface area (Å²) in [5.41, 5.74) is -0.473. The molecule has 1 atom stereocenters. The van der Waals surface area contributed by atoms with Gasteiger partial charge in [0.25, 0.3) is 9.84 Å². The SMILES string of the molecule is CCC(C)(CCN)Nc1ccccc1S(=O)(=O)C(F)(F)F. The van der Waals surface area contributed by atoms with Crippen molar-refractivity contribution in [3.05, 3.63) is 24.3 Å². The Morgan fingerprint density at radius 2 is 1.81 bits per heavy atom. The number of para-hydroxylation sites is 1. The number of rotatable bonds is 6. The molecule has 0 saturated heterocycles. The van der Waals surface area contributed by atoms with Crippen molar-refractivity contribution >= 4 is 15.5 Å². The first-order chi connectivity index (χ1) is 9.57. The minimum absolute atomic E-state index is 0.0624. The summed E-state index contributed by atoms with van der Waals surface area (Å²) in [6.07, 6.45) is 1.09. The molecule has 0 fully saturated rings. The molecule has 0 aliphatic heterocycles. The molecule has 0 aliphatic carbocycles. The topological polar surface area (TPSA) is 72.2 Å². The van der Waals surface area contributed by atoms with Crippen LogP contribution in [0.15, 0.2) is 29.2 Å². The highest BCUT2D eigenvalue weighted by Gasteiger charge is 2.48. The highest BCUT2D eigenvalue weighted by molar-refractivity contribution is 7.92. The maximum Gasteiger partial charge on any atom is 0.501 e. The lowest BCUT2D eigenvalue weighted by atomic mass is 9.94. The van der Waals surface area contributed by atoms with Crippen LogP contribution >= 0.6 is 0 Å². The molecule has 0 spiro atoms. The third-order valence-electron chi connectivity index (χ3n) is 3.39. The zero-order valence-corrected chi connectivity index (χ0v) is 12.7. The van der Waals surface area contributed by atoms with E-state index in [-0.39, 0.29) is 5.69 Å². The second kappa shape index (κ2) is 6.23. The zero-order valence-electron chi connectivity index (χ0n) is 11.9. The molecule has 1 unspecified atom stereocenters. The fourth-order valence-corrected chi connectivity index (χ4v) is 2.82. The Hall–Kier alpha value is -1.28. The van der Waals surface area contributed by atoms with Crippen molar-refractivity contribution in [1.82, 2.24) is 0 Å². The van der Waals surface area contributed by atoms with Crippen molar-refractivity contribution in [1.29, 1.82) is 0 Å². The fourth-order valence-electron chi connectivity index (χ4n) is 1.90. The summed E-state index contributed by atoms with van der Waals surface area (Å²) in [5.74, 6) is 0. The molecule has 0 heterocycles. The summed E-state index contributed by atoms with van der Waals surface area (Å²) in [7, 11) is -5.40. The number of benzene rings is 1. The van der Waals surface area contributed by atoms with Crippen molar-refractivity contribution < 1.29 is 21.6 Å². The number of nitrogens with two attached hydrogens (primary N) is 1. The number of anilines is 1. The van der Waals surface area contributed by atoms with Crippen LogP contribution in [0.25, 0.3) is 0 Å². The third kappa shape index (κ3) is 3.88. The number of sulfone groups is 1. The number of nitrogens with one attached hydrogen (secondary N) is 1. The molecule has 21 heavy (non-hydrogen) atoms. The molecule has 8 heteroatoms. The number of hydrogen-bond donors (Lipinski definition) is 2. The smallest absolute Gasteiger partial charge is 0.379 e. The Balaban J connectivity index is 3.29. The number of hydrogen-bond acceptors (Lipinski definition) is 4. The predicted molar refractivity (Wildman–Crippen MR) is 75.7 cm³/mol. The standard InChI is InChI=1S/C13H19F3N2O2S/c1-3-12(2,8-9-17)18-10-6-4-5-7-11(10)21(19,20)13(14,15)16/h4-7,18H,3,8-9,17H2,1-2H3. The normalized spacial score (nSPS) is 15.5. The van der Waals surface area contributed by atoms with Crippen molar-refractivity contribution in [2.45, 2.75) is 42.6 Å². The van der Waals surface area contributed by atoms with Gasteiger partial charge in [0, 0.05) is 5.54 Å². The van der Waals surface area contributed by atoms with Gasteiger partial charge in [-0.25, -0.2) is 8.42 Å². The highest BCUT2D eigenvalue weighted by Crippen LogP contribution is 2.35. The minimum Gasteiger partial charge on any atom is -0.379 e. The van der Waals surface area contributed by atoms with Gasteiger partial charge < -0.3 is 11.1 Å². The summed E-state index contributed by atoms with van der Waals surface area (Å²) in [5, 5.41) is 2.89. The van der Waals surface area contributed by atoms with E-state index in [9.17, 15) is 21.6 Å². The molecule has 0 bridgehead atoms. The van der Waals surface area contributed by atoms with Gasteiger partial charge in [0.05, 0.1) is 10.6 Å². The van der Waals surface area contributed by atoms with E-state index in [1.54, 1.807) is 6.92 Å². The van der Waals surface area contributed by atoms with E-state index in [2.05, 4.69) is 5.32 Å². The van der Waals surface area contributed by atoms with Crippen molar-refractivity contribution in [2.75, 3.05) is 11.9 Å². The Bertz CT molecular complexity index is 587. The van der Waals surface area contributed by atoms with E-state index >= 15 is 0 Å². The van der Waals surface area contributed by atoms with Crippen LogP contribution in [0.3, 0.4) is 0 Å². The van der Waals surface area contributed by atoms with Crippen LogP contribution in [0.2, 0.25) is 0 Å². The van der Waals surface area contributed by atoms with Crippen molar-refractivity contribution in [3.63, 3.8) is 0 Å². The van der Waals surface area contributed by atoms with E-state index in [1.807, 2.05) is 6.92 Å². The third-order valence-corrected chi connectivity index (χ3v) is 4.94. The summed E-state index contributed by atoms with van der Waals surface area (Å²) in [4.78, 5) is -0.769. The molecule has 1 aromatic carbocycles. The van der Waals surface area contributed by atoms with Crippen molar-refractivity contribution in [2.24, 2.45) is 5.73 Å². The Morgan fingerprint density at radius 3 is 2.29 bits per heavy atom. The summed E-state index contributed by atoms with van der Waals surface area (Å²) in [6, 6.07) is 5.01. The summed E-state index contributed by atoms with van der Waals surface area (Å²) in [6.45, 7) is 3.98. The van der Waals surface area contributed by atoms with E-state index in [4.69, 9.17) is 5.73 Å². The first-order valence-corrected chi connectivity index (χ1v) is 7.94. The van der Waals surface area contributed by atoms with E-state index in [0.717, 1.165) is 6.07 Å². The Morgan fingerprint density at radius 1 is 1.24 bits per heavy atom. The predicted octanol–water partition coefficient (Wildman–Crippen LogP) is 2.91. The van der Waals surface area contributed by atoms with Crippen LogP contribution in [0.5, 0.6) is 0 Å². The van der Waals surface area contributed by atoms with E-state index in [0.29, 0.717) is 19.4 Å². The van der Waals surface area contributed by atoms with Crippen LogP contribution in [0.4, 0.5) is 18.9 Å². The molecule has 0 aromatic heterocycles. The van der Waals surface area contributed by atoms with Crippen molar-refractivity contribution in [3.8, 4) is 0 Å². The Kier molecular flexibility index (Phi) is 5.27. The van der Waals surface area contributed by atoms with Gasteiger partial charge in [-0.05, 0) is 38.4 Å². The van der Waals surface area contributed by atoms with Gasteiger partial charge in [-0.3, -0.25) is 0 Å². The summed E-state index contributed by atoms with van der Waals surface area (Å²) < 4.78 is 61.4. The van der Waals surface area contributed by atoms with Gasteiger partial charge in [-0.2, -0.15) is 13.2 Å². The first-order valence-electron chi connectivity index (χ1n) is 6.46. The molecular weight excluding hydrogens is 305 g/mol. The molecule has 0 amide bonds. The highest BCUT2D eigenvalue weighted by atomic mass is 32.2. The largest absolute Gasteiger partial charge is 0.501 e. The lowest BCUT2D eigenvalue weighted by molar-refractivity contribution is -0.0435. The van der Waals surface area contributed by atoms with Crippen LogP contribution in [-0.2, 0) is 9.84 Å². The lowest BCUT2D eigenvalue weighted by Crippen LogP contribution is -2.37. The Labute approximate surface area is 122 Å². The van der Waals surface area contributed by atoms with Crippen LogP contribution in [0, 0.1) is 0 Å². The van der Waals surface area contributed by atoms with Crippen LogP contribution < -0.4 is 11.1 Å². The average Bonchev–Trinajstić information content (AvgIpc) is 2.38. The molecule has 0 radical (unpaired) electrons. The minimum atomic E-state index is -5.40. The molecule has 1 aromatic rings. The fraction of sp³-hybridized carbons (Fsp3) is 0.538. The monoisotopic (exact) mass is 324 g/mol. The zero-order chi connectivity index (χ0) is 16.3.